The Morgan fingerprint density at radius 2 is 2.23 bits per heavy atom. The maximum absolute atomic E-state index is 12.4. The van der Waals surface area contributed by atoms with E-state index in [-0.39, 0.29) is 10.8 Å². The summed E-state index contributed by atoms with van der Waals surface area (Å²) in [5, 5.41) is 0.107. The lowest BCUT2D eigenvalue weighted by Crippen LogP contribution is -1.93. The molecule has 1 nitrogen and oxygen atoms in total. The van der Waals surface area contributed by atoms with Crippen molar-refractivity contribution < 1.29 is 8.78 Å². The molecule has 0 N–H and O–H groups in total. The van der Waals surface area contributed by atoms with Gasteiger partial charge in [-0.1, -0.05) is 18.5 Å². The lowest BCUT2D eigenvalue weighted by Gasteiger charge is -2.05. The third kappa shape index (κ3) is 2.81. The Kier molecular flexibility index (Phi) is 3.93. The number of pyridine rings is 1. The van der Waals surface area contributed by atoms with Gasteiger partial charge in [0.25, 0.3) is 6.43 Å². The second-order valence-corrected chi connectivity index (χ2v) is 3.94. The van der Waals surface area contributed by atoms with Crippen LogP contribution in [0.15, 0.2) is 17.0 Å². The van der Waals surface area contributed by atoms with Crippen molar-refractivity contribution in [2.45, 2.75) is 18.2 Å². The first-order valence-electron chi connectivity index (χ1n) is 3.72. The van der Waals surface area contributed by atoms with Crippen LogP contribution in [0, 0.1) is 0 Å². The Morgan fingerprint density at radius 1 is 1.54 bits per heavy atom. The Balaban J connectivity index is 3.03. The van der Waals surface area contributed by atoms with Gasteiger partial charge in [0.2, 0.25) is 0 Å². The molecule has 5 heteroatoms. The average molecular weight is 224 g/mol. The first-order chi connectivity index (χ1) is 6.15. The van der Waals surface area contributed by atoms with Gasteiger partial charge in [-0.05, 0) is 17.9 Å². The minimum absolute atomic E-state index is 0.107. The van der Waals surface area contributed by atoms with E-state index in [0.717, 1.165) is 5.75 Å². The highest BCUT2D eigenvalue weighted by Crippen LogP contribution is 2.29. The Morgan fingerprint density at radius 3 is 2.77 bits per heavy atom. The van der Waals surface area contributed by atoms with E-state index in [1.54, 1.807) is 6.07 Å². The summed E-state index contributed by atoms with van der Waals surface area (Å²) in [6.45, 7) is 1.90. The standard InChI is InChI=1S/C8H8ClF2NS/c1-2-13-5-3-4-6(9)12-7(5)8(10)11/h3-4,8H,2H2,1H3. The first kappa shape index (κ1) is 10.7. The van der Waals surface area contributed by atoms with E-state index in [1.165, 1.54) is 17.8 Å². The quantitative estimate of drug-likeness (QED) is 0.571. The van der Waals surface area contributed by atoms with Crippen molar-refractivity contribution in [3.05, 3.63) is 23.0 Å². The van der Waals surface area contributed by atoms with Crippen LogP contribution >= 0.6 is 23.4 Å². The van der Waals surface area contributed by atoms with Gasteiger partial charge in [-0.15, -0.1) is 11.8 Å². The van der Waals surface area contributed by atoms with E-state index < -0.39 is 6.43 Å². The molecule has 0 unspecified atom stereocenters. The molecule has 0 saturated carbocycles. The van der Waals surface area contributed by atoms with Crippen LogP contribution in [0.1, 0.15) is 19.0 Å². The third-order valence-corrected chi connectivity index (χ3v) is 2.51. The Labute approximate surface area is 84.5 Å². The highest BCUT2D eigenvalue weighted by molar-refractivity contribution is 7.99. The summed E-state index contributed by atoms with van der Waals surface area (Å²) in [5.74, 6) is 0.739. The van der Waals surface area contributed by atoms with Crippen LogP contribution in [0.3, 0.4) is 0 Å². The number of nitrogens with zero attached hydrogens (tertiary/aromatic N) is 1. The van der Waals surface area contributed by atoms with Crippen molar-refractivity contribution in [2.75, 3.05) is 5.75 Å². The van der Waals surface area contributed by atoms with Gasteiger partial charge in [-0.3, -0.25) is 0 Å². The summed E-state index contributed by atoms with van der Waals surface area (Å²) in [7, 11) is 0. The summed E-state index contributed by atoms with van der Waals surface area (Å²) in [4.78, 5) is 4.09. The molecule has 1 aromatic rings. The molecule has 72 valence electrons. The number of hydrogen-bond donors (Lipinski definition) is 0. The molecule has 0 spiro atoms. The number of rotatable bonds is 3. The van der Waals surface area contributed by atoms with Gasteiger partial charge in [0.15, 0.2) is 0 Å². The minimum atomic E-state index is -2.56. The van der Waals surface area contributed by atoms with Gasteiger partial charge in [-0.25, -0.2) is 13.8 Å². The molecule has 0 aromatic carbocycles. The van der Waals surface area contributed by atoms with Gasteiger partial charge in [0.1, 0.15) is 10.8 Å². The normalized spacial score (nSPS) is 10.8. The average Bonchev–Trinajstić information content (AvgIpc) is 2.08. The summed E-state index contributed by atoms with van der Waals surface area (Å²) < 4.78 is 24.8. The number of thioether (sulfide) groups is 1. The van der Waals surface area contributed by atoms with Crippen molar-refractivity contribution in [3.8, 4) is 0 Å². The SMILES string of the molecule is CCSc1ccc(Cl)nc1C(F)F. The van der Waals surface area contributed by atoms with Crippen molar-refractivity contribution in [3.63, 3.8) is 0 Å². The molecule has 0 fully saturated rings. The van der Waals surface area contributed by atoms with Crippen molar-refractivity contribution in [1.29, 1.82) is 0 Å². The predicted octanol–water partition coefficient (Wildman–Crippen LogP) is 3.78. The molecule has 1 aromatic heterocycles. The Bertz CT molecular complexity index is 293. The zero-order valence-electron chi connectivity index (χ0n) is 6.93. The van der Waals surface area contributed by atoms with E-state index in [4.69, 9.17) is 11.6 Å². The van der Waals surface area contributed by atoms with E-state index in [0.29, 0.717) is 4.90 Å². The number of aromatic nitrogens is 1. The number of hydrogen-bond acceptors (Lipinski definition) is 2. The molecule has 0 radical (unpaired) electrons. The molecule has 0 aliphatic rings. The van der Waals surface area contributed by atoms with Crippen LogP contribution < -0.4 is 0 Å². The fourth-order valence-electron chi connectivity index (χ4n) is 0.871. The second kappa shape index (κ2) is 4.77. The zero-order valence-corrected chi connectivity index (χ0v) is 8.50. The smallest absolute Gasteiger partial charge is 0.234 e. The van der Waals surface area contributed by atoms with E-state index in [1.807, 2.05) is 6.92 Å². The van der Waals surface area contributed by atoms with Crippen LogP contribution in [0.5, 0.6) is 0 Å². The van der Waals surface area contributed by atoms with Crippen molar-refractivity contribution in [1.82, 2.24) is 4.98 Å². The maximum atomic E-state index is 12.4. The molecule has 0 amide bonds. The lowest BCUT2D eigenvalue weighted by molar-refractivity contribution is 0.142. The molecule has 0 aliphatic heterocycles. The highest BCUT2D eigenvalue weighted by atomic mass is 35.5. The molecule has 13 heavy (non-hydrogen) atoms. The molecule has 1 heterocycles. The summed E-state index contributed by atoms with van der Waals surface area (Å²) in [6, 6.07) is 3.09. The van der Waals surface area contributed by atoms with Crippen LogP contribution in [0.2, 0.25) is 5.15 Å². The molecular weight excluding hydrogens is 216 g/mol. The van der Waals surface area contributed by atoms with E-state index >= 15 is 0 Å². The van der Waals surface area contributed by atoms with Crippen molar-refractivity contribution >= 4 is 23.4 Å². The van der Waals surface area contributed by atoms with Crippen LogP contribution in [0.25, 0.3) is 0 Å². The molecule has 0 aliphatic carbocycles. The molecule has 0 atom stereocenters. The topological polar surface area (TPSA) is 12.9 Å². The molecule has 0 saturated heterocycles. The number of alkyl halides is 2. The maximum Gasteiger partial charge on any atom is 0.281 e. The van der Waals surface area contributed by atoms with Crippen molar-refractivity contribution in [2.24, 2.45) is 0 Å². The first-order valence-corrected chi connectivity index (χ1v) is 5.09. The van der Waals surface area contributed by atoms with Gasteiger partial charge < -0.3 is 0 Å². The fourth-order valence-corrected chi connectivity index (χ4v) is 1.78. The monoisotopic (exact) mass is 223 g/mol. The van der Waals surface area contributed by atoms with Crippen LogP contribution in [0.4, 0.5) is 8.78 Å². The van der Waals surface area contributed by atoms with Gasteiger partial charge in [0, 0.05) is 4.90 Å². The van der Waals surface area contributed by atoms with E-state index in [2.05, 4.69) is 4.98 Å². The third-order valence-electron chi connectivity index (χ3n) is 1.36. The van der Waals surface area contributed by atoms with Crippen LogP contribution in [-0.2, 0) is 0 Å². The summed E-state index contributed by atoms with van der Waals surface area (Å²) in [6.07, 6.45) is -2.56. The molecular formula is C8H8ClF2NS. The molecule has 1 rings (SSSR count). The predicted molar refractivity (Wildman–Crippen MR) is 50.6 cm³/mol. The van der Waals surface area contributed by atoms with Crippen LogP contribution in [-0.4, -0.2) is 10.7 Å². The lowest BCUT2D eigenvalue weighted by atomic mass is 10.3. The zero-order chi connectivity index (χ0) is 9.84. The van der Waals surface area contributed by atoms with Gasteiger partial charge in [-0.2, -0.15) is 0 Å². The Hall–Kier alpha value is -0.350. The second-order valence-electron chi connectivity index (χ2n) is 2.25. The van der Waals surface area contributed by atoms with Gasteiger partial charge >= 0.3 is 0 Å². The van der Waals surface area contributed by atoms with E-state index in [9.17, 15) is 8.78 Å². The largest absolute Gasteiger partial charge is 0.281 e. The number of halogens is 3. The fraction of sp³-hybridized carbons (Fsp3) is 0.375. The molecule has 0 bridgehead atoms. The van der Waals surface area contributed by atoms with Gasteiger partial charge in [0.05, 0.1) is 0 Å². The highest BCUT2D eigenvalue weighted by Gasteiger charge is 2.14. The minimum Gasteiger partial charge on any atom is -0.234 e. The summed E-state index contributed by atoms with van der Waals surface area (Å²) in [5.41, 5.74) is -0.223. The summed E-state index contributed by atoms with van der Waals surface area (Å²) >= 11 is 6.85.